The van der Waals surface area contributed by atoms with Crippen molar-refractivity contribution in [2.45, 2.75) is 0 Å². The largest absolute Gasteiger partial charge is 0.397 e. The molecule has 0 saturated heterocycles. The van der Waals surface area contributed by atoms with Crippen molar-refractivity contribution in [3.63, 3.8) is 0 Å². The number of amides is 1. The summed E-state index contributed by atoms with van der Waals surface area (Å²) < 4.78 is 0. The van der Waals surface area contributed by atoms with Crippen LogP contribution in [0.1, 0.15) is 9.67 Å². The molecule has 0 saturated carbocycles. The second-order valence-electron chi connectivity index (χ2n) is 3.77. The van der Waals surface area contributed by atoms with Crippen molar-refractivity contribution in [1.82, 2.24) is 4.98 Å². The van der Waals surface area contributed by atoms with Gasteiger partial charge in [0, 0.05) is 16.3 Å². The molecule has 6 heteroatoms. The zero-order valence-corrected chi connectivity index (χ0v) is 10.8. The lowest BCUT2D eigenvalue weighted by molar-refractivity contribution is 0.100. The summed E-state index contributed by atoms with van der Waals surface area (Å²) in [6, 6.07) is 5.79. The maximum atomic E-state index is 11.2. The molecule has 90 valence electrons. The van der Waals surface area contributed by atoms with Crippen molar-refractivity contribution >= 4 is 44.5 Å². The highest BCUT2D eigenvalue weighted by Crippen LogP contribution is 2.34. The summed E-state index contributed by atoms with van der Waals surface area (Å²) in [4.78, 5) is 16.9. The Hall–Kier alpha value is -1.92. The maximum absolute atomic E-state index is 11.2. The topological polar surface area (TPSA) is 82.0 Å². The third-order valence-electron chi connectivity index (χ3n) is 2.63. The van der Waals surface area contributed by atoms with E-state index in [0.717, 1.165) is 21.5 Å². The van der Waals surface area contributed by atoms with Crippen molar-refractivity contribution in [1.29, 1.82) is 0 Å². The molecule has 0 aromatic carbocycles. The van der Waals surface area contributed by atoms with E-state index >= 15 is 0 Å². The van der Waals surface area contributed by atoms with Crippen LogP contribution in [0.5, 0.6) is 0 Å². The fourth-order valence-corrected chi connectivity index (χ4v) is 3.35. The van der Waals surface area contributed by atoms with Gasteiger partial charge in [0.05, 0.1) is 11.4 Å². The van der Waals surface area contributed by atoms with Gasteiger partial charge < -0.3 is 11.5 Å². The van der Waals surface area contributed by atoms with Crippen LogP contribution in [0.4, 0.5) is 5.69 Å². The molecule has 0 aliphatic carbocycles. The first-order chi connectivity index (χ1) is 8.66. The molecule has 0 aliphatic heterocycles. The van der Waals surface area contributed by atoms with Crippen molar-refractivity contribution in [2.75, 3.05) is 5.73 Å². The Balaban J connectivity index is 2.22. The highest BCUT2D eigenvalue weighted by atomic mass is 32.1. The van der Waals surface area contributed by atoms with Crippen LogP contribution < -0.4 is 11.5 Å². The quantitative estimate of drug-likeness (QED) is 0.754. The van der Waals surface area contributed by atoms with Gasteiger partial charge in [0.2, 0.25) is 0 Å². The average Bonchev–Trinajstić information content (AvgIpc) is 2.97. The highest BCUT2D eigenvalue weighted by molar-refractivity contribution is 7.21. The van der Waals surface area contributed by atoms with Gasteiger partial charge in [-0.2, -0.15) is 11.3 Å². The predicted octanol–water partition coefficient (Wildman–Crippen LogP) is 2.71. The number of pyridine rings is 1. The highest BCUT2D eigenvalue weighted by Gasteiger charge is 2.15. The summed E-state index contributed by atoms with van der Waals surface area (Å²) in [6.45, 7) is 0. The summed E-state index contributed by atoms with van der Waals surface area (Å²) in [6.07, 6.45) is 0. The van der Waals surface area contributed by atoms with Gasteiger partial charge in [0.1, 0.15) is 9.71 Å². The first-order valence-electron chi connectivity index (χ1n) is 5.18. The minimum atomic E-state index is -0.507. The number of nitrogens with two attached hydrogens (primary N) is 2. The first-order valence-corrected chi connectivity index (χ1v) is 6.94. The number of hydrogen-bond donors (Lipinski definition) is 2. The van der Waals surface area contributed by atoms with Gasteiger partial charge in [0.25, 0.3) is 5.91 Å². The third-order valence-corrected chi connectivity index (χ3v) is 4.45. The molecule has 18 heavy (non-hydrogen) atoms. The van der Waals surface area contributed by atoms with Gasteiger partial charge in [-0.3, -0.25) is 4.79 Å². The SMILES string of the molecule is NC(=O)c1sc2nc(-c3ccsc3)ccc2c1N. The lowest BCUT2D eigenvalue weighted by Crippen LogP contribution is -2.10. The smallest absolute Gasteiger partial charge is 0.260 e. The maximum Gasteiger partial charge on any atom is 0.260 e. The Kier molecular flexibility index (Phi) is 2.53. The molecule has 3 rings (SSSR count). The van der Waals surface area contributed by atoms with E-state index in [0.29, 0.717) is 10.6 Å². The van der Waals surface area contributed by atoms with Crippen molar-refractivity contribution in [3.05, 3.63) is 33.8 Å². The number of hydrogen-bond acceptors (Lipinski definition) is 5. The average molecular weight is 275 g/mol. The minimum Gasteiger partial charge on any atom is -0.397 e. The van der Waals surface area contributed by atoms with Crippen LogP contribution in [0.15, 0.2) is 29.0 Å². The Labute approximate surface area is 111 Å². The first kappa shape index (κ1) is 11.2. The number of primary amides is 1. The second kappa shape index (κ2) is 4.08. The van der Waals surface area contributed by atoms with E-state index in [2.05, 4.69) is 4.98 Å². The van der Waals surface area contributed by atoms with Gasteiger partial charge >= 0.3 is 0 Å². The second-order valence-corrected chi connectivity index (χ2v) is 5.55. The van der Waals surface area contributed by atoms with Crippen molar-refractivity contribution in [3.8, 4) is 11.3 Å². The van der Waals surface area contributed by atoms with Crippen molar-refractivity contribution in [2.24, 2.45) is 5.73 Å². The summed E-state index contributed by atoms with van der Waals surface area (Å²) >= 11 is 2.85. The number of rotatable bonds is 2. The van der Waals surface area contributed by atoms with Crippen molar-refractivity contribution < 1.29 is 4.79 Å². The van der Waals surface area contributed by atoms with Crippen LogP contribution in [0.3, 0.4) is 0 Å². The normalized spacial score (nSPS) is 10.9. The van der Waals surface area contributed by atoms with E-state index in [4.69, 9.17) is 11.5 Å². The number of anilines is 1. The monoisotopic (exact) mass is 275 g/mol. The van der Waals surface area contributed by atoms with Crippen LogP contribution in [0, 0.1) is 0 Å². The molecule has 0 unspecified atom stereocenters. The number of thiophene rings is 2. The molecule has 0 aliphatic rings. The molecule has 0 radical (unpaired) electrons. The Morgan fingerprint density at radius 3 is 2.78 bits per heavy atom. The Bertz CT molecular complexity index is 731. The minimum absolute atomic E-state index is 0.375. The molecular weight excluding hydrogens is 266 g/mol. The zero-order chi connectivity index (χ0) is 12.7. The predicted molar refractivity (Wildman–Crippen MR) is 75.9 cm³/mol. The number of carbonyl (C=O) groups is 1. The van der Waals surface area contributed by atoms with Crippen LogP contribution in [0.25, 0.3) is 21.5 Å². The van der Waals surface area contributed by atoms with E-state index in [1.165, 1.54) is 11.3 Å². The number of carbonyl (C=O) groups excluding carboxylic acids is 1. The molecular formula is C12H9N3OS2. The molecule has 0 bridgehead atoms. The summed E-state index contributed by atoms with van der Waals surface area (Å²) in [5.41, 5.74) is 13.5. The summed E-state index contributed by atoms with van der Waals surface area (Å²) in [5.74, 6) is -0.507. The lowest BCUT2D eigenvalue weighted by atomic mass is 10.2. The van der Waals surface area contributed by atoms with Crippen LogP contribution >= 0.6 is 22.7 Å². The number of nitrogens with zero attached hydrogens (tertiary/aromatic N) is 1. The van der Waals surface area contributed by atoms with Gasteiger partial charge in [-0.15, -0.1) is 11.3 Å². The number of aromatic nitrogens is 1. The molecule has 3 aromatic rings. The fraction of sp³-hybridized carbons (Fsp3) is 0. The molecule has 4 nitrogen and oxygen atoms in total. The van der Waals surface area contributed by atoms with E-state index < -0.39 is 5.91 Å². The fourth-order valence-electron chi connectivity index (χ4n) is 1.75. The van der Waals surface area contributed by atoms with Gasteiger partial charge in [-0.1, -0.05) is 0 Å². The van der Waals surface area contributed by atoms with Crippen LogP contribution in [-0.4, -0.2) is 10.9 Å². The summed E-state index contributed by atoms with van der Waals surface area (Å²) in [5, 5.41) is 4.81. The van der Waals surface area contributed by atoms with E-state index in [-0.39, 0.29) is 0 Å². The Morgan fingerprint density at radius 1 is 1.28 bits per heavy atom. The number of fused-ring (bicyclic) bond motifs is 1. The van der Waals surface area contributed by atoms with E-state index in [1.54, 1.807) is 11.3 Å². The van der Waals surface area contributed by atoms with Gasteiger partial charge in [0.15, 0.2) is 0 Å². The number of nitrogen functional groups attached to an aromatic ring is 1. The molecule has 1 amide bonds. The standard InChI is InChI=1S/C12H9N3OS2/c13-9-7-1-2-8(6-3-4-17-5-6)15-12(7)18-10(9)11(14)16/h1-5H,13H2,(H2,14,16). The van der Waals surface area contributed by atoms with E-state index in [1.807, 2.05) is 29.0 Å². The molecule has 4 N–H and O–H groups in total. The molecule has 0 fully saturated rings. The molecule has 0 spiro atoms. The van der Waals surface area contributed by atoms with Gasteiger partial charge in [-0.05, 0) is 23.6 Å². The molecule has 0 atom stereocenters. The third kappa shape index (κ3) is 1.66. The van der Waals surface area contributed by atoms with Crippen LogP contribution in [0.2, 0.25) is 0 Å². The van der Waals surface area contributed by atoms with Crippen LogP contribution in [-0.2, 0) is 0 Å². The van der Waals surface area contributed by atoms with Gasteiger partial charge in [-0.25, -0.2) is 4.98 Å². The molecule has 3 aromatic heterocycles. The zero-order valence-electron chi connectivity index (χ0n) is 9.21. The lowest BCUT2D eigenvalue weighted by Gasteiger charge is -1.97. The molecule has 3 heterocycles. The Morgan fingerprint density at radius 2 is 2.11 bits per heavy atom. The summed E-state index contributed by atoms with van der Waals surface area (Å²) in [7, 11) is 0. The van der Waals surface area contributed by atoms with E-state index in [9.17, 15) is 4.79 Å².